The van der Waals surface area contributed by atoms with Gasteiger partial charge in [-0.25, -0.2) is 9.38 Å². The van der Waals surface area contributed by atoms with Crippen molar-refractivity contribution in [3.8, 4) is 0 Å². The number of rotatable bonds is 9. The van der Waals surface area contributed by atoms with Crippen molar-refractivity contribution in [1.29, 1.82) is 0 Å². The predicted molar refractivity (Wildman–Crippen MR) is 141 cm³/mol. The number of halogens is 1. The van der Waals surface area contributed by atoms with E-state index in [1.807, 2.05) is 27.9 Å². The highest BCUT2D eigenvalue weighted by atomic mass is 19.1. The molecule has 1 aromatic carbocycles. The average molecular weight is 484 g/mol. The molecular weight excluding hydrogens is 445 g/mol. The molecule has 35 heavy (non-hydrogen) atoms. The molecule has 0 saturated carbocycles. The van der Waals surface area contributed by atoms with Crippen LogP contribution < -0.4 is 10.2 Å². The molecule has 1 saturated heterocycles. The Hall–Kier alpha value is -2.84. The van der Waals surface area contributed by atoms with Crippen LogP contribution in [0.15, 0.2) is 51.9 Å². The van der Waals surface area contributed by atoms with Gasteiger partial charge in [0.05, 0.1) is 11.4 Å². The number of hydrogen-bond donors (Lipinski definition) is 1. The molecule has 0 spiro atoms. The molecule has 8 heteroatoms. The molecule has 0 aromatic heterocycles. The maximum atomic E-state index is 14.1. The maximum absolute atomic E-state index is 14.1. The second-order valence-electron chi connectivity index (χ2n) is 9.43. The minimum Gasteiger partial charge on any atom is -0.381 e. The molecule has 2 heterocycles. The van der Waals surface area contributed by atoms with E-state index in [2.05, 4.69) is 26.7 Å². The summed E-state index contributed by atoms with van der Waals surface area (Å²) in [5, 5.41) is 3.06. The highest BCUT2D eigenvalue weighted by molar-refractivity contribution is 6.38. The summed E-state index contributed by atoms with van der Waals surface area (Å²) in [7, 11) is 4.07. The standard InChI is InChI=1S/C27H38FN5O2/c1-7-29-18(2)26(30-19(3)27(34)31-23-11-14-35-15-12-23)20(4)33-17-21(10-13-32(5)6)24-16-22(28)8-9-25(24)33/h7-9,16,21,23H,4,10-15,17H2,1-3,5-6H3,(H,31,34)/b26-18+,29-7?,30-19?. The average Bonchev–Trinajstić information content (AvgIpc) is 3.19. The molecule has 1 unspecified atom stereocenters. The lowest BCUT2D eigenvalue weighted by Crippen LogP contribution is -2.41. The first kappa shape index (κ1) is 26.8. The van der Waals surface area contributed by atoms with E-state index in [0.29, 0.717) is 42.6 Å². The number of hydrogen-bond acceptors (Lipinski definition) is 6. The van der Waals surface area contributed by atoms with Gasteiger partial charge >= 0.3 is 0 Å². The minimum atomic E-state index is -0.243. The predicted octanol–water partition coefficient (Wildman–Crippen LogP) is 4.27. The Labute approximate surface area is 208 Å². The van der Waals surface area contributed by atoms with Gasteiger partial charge in [0.25, 0.3) is 5.91 Å². The summed E-state index contributed by atoms with van der Waals surface area (Å²) in [5.74, 6) is -0.284. The molecule has 1 N–H and O–H groups in total. The van der Waals surface area contributed by atoms with Crippen molar-refractivity contribution in [3.63, 3.8) is 0 Å². The van der Waals surface area contributed by atoms with Gasteiger partial charge in [-0.15, -0.1) is 0 Å². The topological polar surface area (TPSA) is 69.5 Å². The number of benzene rings is 1. The molecule has 3 rings (SSSR count). The van der Waals surface area contributed by atoms with E-state index < -0.39 is 0 Å². The van der Waals surface area contributed by atoms with Crippen LogP contribution in [0.25, 0.3) is 0 Å². The molecule has 1 aromatic rings. The number of aliphatic imine (C=N–C) groups is 2. The summed E-state index contributed by atoms with van der Waals surface area (Å²) in [4.78, 5) is 26.2. The summed E-state index contributed by atoms with van der Waals surface area (Å²) < 4.78 is 19.5. The van der Waals surface area contributed by atoms with Gasteiger partial charge in [-0.05, 0) is 84.4 Å². The van der Waals surface area contributed by atoms with Crippen LogP contribution in [-0.4, -0.2) is 69.2 Å². The van der Waals surface area contributed by atoms with Crippen LogP contribution in [0.2, 0.25) is 0 Å². The number of carbonyl (C=O) groups excluding carboxylic acids is 1. The number of fused-ring (bicyclic) bond motifs is 1. The summed E-state index contributed by atoms with van der Waals surface area (Å²) >= 11 is 0. The van der Waals surface area contributed by atoms with E-state index in [-0.39, 0.29) is 23.7 Å². The molecular formula is C27H38FN5O2. The second kappa shape index (κ2) is 12.2. The van der Waals surface area contributed by atoms with E-state index in [1.54, 1.807) is 25.3 Å². The van der Waals surface area contributed by atoms with E-state index in [9.17, 15) is 9.18 Å². The normalized spacial score (nSPS) is 19.8. The van der Waals surface area contributed by atoms with Crippen LogP contribution >= 0.6 is 0 Å². The Morgan fingerprint density at radius 3 is 2.69 bits per heavy atom. The lowest BCUT2D eigenvalue weighted by molar-refractivity contribution is -0.116. The van der Waals surface area contributed by atoms with Gasteiger partial charge in [0.15, 0.2) is 0 Å². The summed E-state index contributed by atoms with van der Waals surface area (Å²) in [5.41, 5.74) is 4.10. The zero-order chi connectivity index (χ0) is 25.5. The smallest absolute Gasteiger partial charge is 0.265 e. The third kappa shape index (κ3) is 6.86. The number of ether oxygens (including phenoxy) is 1. The van der Waals surface area contributed by atoms with Gasteiger partial charge in [0.1, 0.15) is 17.2 Å². The van der Waals surface area contributed by atoms with Gasteiger partial charge in [0.2, 0.25) is 0 Å². The number of anilines is 1. The van der Waals surface area contributed by atoms with Crippen LogP contribution in [-0.2, 0) is 9.53 Å². The SMILES string of the molecule is C=C(/C(N=C(C)C(=O)NC1CCOCC1)=C(/C)N=CC)N1CC(CCN(C)C)c2cc(F)ccc21. The summed E-state index contributed by atoms with van der Waals surface area (Å²) in [6, 6.07) is 4.99. The molecule has 0 bridgehead atoms. The summed E-state index contributed by atoms with van der Waals surface area (Å²) in [6.45, 7) is 12.6. The van der Waals surface area contributed by atoms with Crippen LogP contribution in [0, 0.1) is 5.82 Å². The summed E-state index contributed by atoms with van der Waals surface area (Å²) in [6.07, 6.45) is 4.18. The largest absolute Gasteiger partial charge is 0.381 e. The molecule has 2 aliphatic rings. The number of allylic oxidation sites excluding steroid dienone is 1. The molecule has 0 aliphatic carbocycles. The van der Waals surface area contributed by atoms with Gasteiger partial charge in [-0.3, -0.25) is 9.79 Å². The number of carbonyl (C=O) groups is 1. The lowest BCUT2D eigenvalue weighted by atomic mass is 9.98. The van der Waals surface area contributed by atoms with E-state index in [1.165, 1.54) is 6.07 Å². The molecule has 1 fully saturated rings. The molecule has 1 atom stereocenters. The van der Waals surface area contributed by atoms with Crippen molar-refractivity contribution in [2.24, 2.45) is 9.98 Å². The van der Waals surface area contributed by atoms with Gasteiger partial charge in [-0.1, -0.05) is 6.58 Å². The lowest BCUT2D eigenvalue weighted by Gasteiger charge is -2.25. The highest BCUT2D eigenvalue weighted by Gasteiger charge is 2.32. The Kier molecular flexibility index (Phi) is 9.34. The molecule has 1 amide bonds. The van der Waals surface area contributed by atoms with Gasteiger partial charge in [-0.2, -0.15) is 0 Å². The third-order valence-electron chi connectivity index (χ3n) is 6.48. The monoisotopic (exact) mass is 483 g/mol. The third-order valence-corrected chi connectivity index (χ3v) is 6.48. The first-order chi connectivity index (χ1) is 16.7. The second-order valence-corrected chi connectivity index (χ2v) is 9.43. The molecule has 2 aliphatic heterocycles. The van der Waals surface area contributed by atoms with Crippen LogP contribution in [0.5, 0.6) is 0 Å². The van der Waals surface area contributed by atoms with E-state index in [4.69, 9.17) is 9.73 Å². The van der Waals surface area contributed by atoms with Crippen LogP contribution in [0.4, 0.5) is 10.1 Å². The van der Waals surface area contributed by atoms with Crippen molar-refractivity contribution < 1.29 is 13.9 Å². The molecule has 0 radical (unpaired) electrons. The first-order valence-corrected chi connectivity index (χ1v) is 12.3. The molecule has 190 valence electrons. The van der Waals surface area contributed by atoms with E-state index in [0.717, 1.165) is 37.1 Å². The zero-order valence-electron chi connectivity index (χ0n) is 21.6. The van der Waals surface area contributed by atoms with Crippen molar-refractivity contribution >= 4 is 23.5 Å². The first-order valence-electron chi connectivity index (χ1n) is 12.3. The van der Waals surface area contributed by atoms with Crippen LogP contribution in [0.3, 0.4) is 0 Å². The van der Waals surface area contributed by atoms with Crippen molar-refractivity contribution in [2.75, 3.05) is 45.3 Å². The fourth-order valence-electron chi connectivity index (χ4n) is 4.52. The Morgan fingerprint density at radius 1 is 1.31 bits per heavy atom. The highest BCUT2D eigenvalue weighted by Crippen LogP contribution is 2.42. The van der Waals surface area contributed by atoms with Crippen molar-refractivity contribution in [1.82, 2.24) is 10.2 Å². The van der Waals surface area contributed by atoms with Crippen molar-refractivity contribution in [3.05, 3.63) is 53.2 Å². The fourth-order valence-corrected chi connectivity index (χ4v) is 4.52. The fraction of sp³-hybridized carbons (Fsp3) is 0.519. The number of nitrogens with zero attached hydrogens (tertiary/aromatic N) is 4. The Morgan fingerprint density at radius 2 is 2.03 bits per heavy atom. The Bertz CT molecular complexity index is 1020. The minimum absolute atomic E-state index is 0.0876. The number of nitrogens with one attached hydrogen (secondary N) is 1. The molecule has 7 nitrogen and oxygen atoms in total. The van der Waals surface area contributed by atoms with Gasteiger partial charge in [0, 0.05) is 43.6 Å². The van der Waals surface area contributed by atoms with Gasteiger partial charge < -0.3 is 19.9 Å². The number of amides is 1. The Balaban J connectivity index is 1.89. The van der Waals surface area contributed by atoms with E-state index >= 15 is 0 Å². The maximum Gasteiger partial charge on any atom is 0.265 e. The van der Waals surface area contributed by atoms with Crippen LogP contribution in [0.1, 0.15) is 51.5 Å². The quantitative estimate of drug-likeness (QED) is 0.421. The van der Waals surface area contributed by atoms with Crippen molar-refractivity contribution in [2.45, 2.75) is 52.0 Å². The zero-order valence-corrected chi connectivity index (χ0v) is 21.6.